The van der Waals surface area contributed by atoms with Crippen LogP contribution in [0.2, 0.25) is 0 Å². The summed E-state index contributed by atoms with van der Waals surface area (Å²) in [5.41, 5.74) is 0.381. The van der Waals surface area contributed by atoms with E-state index in [0.29, 0.717) is 18.2 Å². The van der Waals surface area contributed by atoms with E-state index >= 15 is 0 Å². The Bertz CT molecular complexity index is 555. The molecule has 126 valence electrons. The van der Waals surface area contributed by atoms with E-state index in [1.54, 1.807) is 20.8 Å². The lowest BCUT2D eigenvalue weighted by atomic mass is 9.99. The van der Waals surface area contributed by atoms with E-state index in [9.17, 15) is 9.59 Å². The SMILES string of the molecule is CC(C)(C)OC(=O)N1C(=O)OC(CCBr)C1Cc1ccccc1. The molecule has 1 heterocycles. The number of carbonyl (C=O) groups is 2. The highest BCUT2D eigenvalue weighted by molar-refractivity contribution is 9.09. The summed E-state index contributed by atoms with van der Waals surface area (Å²) in [6.07, 6.45) is -0.437. The Morgan fingerprint density at radius 2 is 1.96 bits per heavy atom. The van der Waals surface area contributed by atoms with Crippen LogP contribution in [0.25, 0.3) is 0 Å². The molecule has 1 aromatic carbocycles. The third kappa shape index (κ3) is 4.70. The minimum absolute atomic E-state index is 0.338. The molecule has 1 aromatic rings. The average Bonchev–Trinajstić information content (AvgIpc) is 2.74. The van der Waals surface area contributed by atoms with Crippen molar-refractivity contribution in [2.75, 3.05) is 5.33 Å². The highest BCUT2D eigenvalue weighted by Crippen LogP contribution is 2.27. The quantitative estimate of drug-likeness (QED) is 0.733. The van der Waals surface area contributed by atoms with Crippen molar-refractivity contribution in [1.29, 1.82) is 0 Å². The molecule has 0 saturated carbocycles. The van der Waals surface area contributed by atoms with Crippen molar-refractivity contribution in [1.82, 2.24) is 4.90 Å². The lowest BCUT2D eigenvalue weighted by Gasteiger charge is -2.26. The van der Waals surface area contributed by atoms with Crippen molar-refractivity contribution in [3.8, 4) is 0 Å². The molecule has 0 aromatic heterocycles. The summed E-state index contributed by atoms with van der Waals surface area (Å²) in [5, 5.41) is 0.693. The van der Waals surface area contributed by atoms with Crippen molar-refractivity contribution in [2.45, 2.75) is 51.4 Å². The van der Waals surface area contributed by atoms with Crippen LogP contribution in [0.5, 0.6) is 0 Å². The Morgan fingerprint density at radius 3 is 2.52 bits per heavy atom. The molecule has 0 radical (unpaired) electrons. The fraction of sp³-hybridized carbons (Fsp3) is 0.529. The zero-order valence-corrected chi connectivity index (χ0v) is 15.2. The van der Waals surface area contributed by atoms with Gasteiger partial charge in [-0.25, -0.2) is 14.5 Å². The van der Waals surface area contributed by atoms with Crippen LogP contribution < -0.4 is 0 Å². The van der Waals surface area contributed by atoms with E-state index < -0.39 is 17.8 Å². The number of halogens is 1. The van der Waals surface area contributed by atoms with Crippen LogP contribution in [0.4, 0.5) is 9.59 Å². The zero-order valence-electron chi connectivity index (χ0n) is 13.6. The van der Waals surface area contributed by atoms with E-state index in [-0.39, 0.29) is 12.1 Å². The van der Waals surface area contributed by atoms with Gasteiger partial charge < -0.3 is 9.47 Å². The van der Waals surface area contributed by atoms with Crippen LogP contribution in [0.3, 0.4) is 0 Å². The third-order valence-electron chi connectivity index (χ3n) is 3.48. The van der Waals surface area contributed by atoms with Crippen LogP contribution in [0.1, 0.15) is 32.8 Å². The molecule has 2 unspecified atom stereocenters. The summed E-state index contributed by atoms with van der Waals surface area (Å²) >= 11 is 3.37. The van der Waals surface area contributed by atoms with E-state index in [2.05, 4.69) is 15.9 Å². The molecule has 1 fully saturated rings. The van der Waals surface area contributed by atoms with Crippen molar-refractivity contribution >= 4 is 28.1 Å². The van der Waals surface area contributed by atoms with Crippen molar-refractivity contribution in [3.05, 3.63) is 35.9 Å². The predicted octanol–water partition coefficient (Wildman–Crippen LogP) is 4.14. The highest BCUT2D eigenvalue weighted by atomic mass is 79.9. The summed E-state index contributed by atoms with van der Waals surface area (Å²) < 4.78 is 10.8. The van der Waals surface area contributed by atoms with Gasteiger partial charge in [0.1, 0.15) is 11.7 Å². The van der Waals surface area contributed by atoms with E-state index in [1.165, 1.54) is 0 Å². The molecular formula is C17H22BrNO4. The smallest absolute Gasteiger partial charge is 0.420 e. The van der Waals surface area contributed by atoms with Crippen LogP contribution in [0.15, 0.2) is 30.3 Å². The molecule has 0 bridgehead atoms. The van der Waals surface area contributed by atoms with Gasteiger partial charge in [0.25, 0.3) is 0 Å². The Balaban J connectivity index is 2.22. The minimum Gasteiger partial charge on any atom is -0.443 e. The van der Waals surface area contributed by atoms with Crippen molar-refractivity contribution in [2.24, 2.45) is 0 Å². The Morgan fingerprint density at radius 1 is 1.30 bits per heavy atom. The van der Waals surface area contributed by atoms with E-state index in [0.717, 1.165) is 10.5 Å². The number of carbonyl (C=O) groups excluding carboxylic acids is 2. The lowest BCUT2D eigenvalue weighted by molar-refractivity contribution is 0.0287. The van der Waals surface area contributed by atoms with Crippen molar-refractivity contribution < 1.29 is 19.1 Å². The number of hydrogen-bond donors (Lipinski definition) is 0. The zero-order chi connectivity index (χ0) is 17.0. The summed E-state index contributed by atoms with van der Waals surface area (Å²) in [4.78, 5) is 25.7. The third-order valence-corrected chi connectivity index (χ3v) is 3.94. The molecule has 0 spiro atoms. The topological polar surface area (TPSA) is 55.8 Å². The van der Waals surface area contributed by atoms with Gasteiger partial charge in [0.05, 0.1) is 6.04 Å². The molecule has 1 saturated heterocycles. The maximum atomic E-state index is 12.4. The molecule has 2 atom stereocenters. The second kappa shape index (κ2) is 7.34. The molecule has 6 heteroatoms. The number of cyclic esters (lactones) is 1. The molecule has 1 aliphatic rings. The standard InChI is InChI=1S/C17H22BrNO4/c1-17(2,3)23-16(21)19-13(11-12-7-5-4-6-8-12)14(9-10-18)22-15(19)20/h4-8,13-14H,9-11H2,1-3H3. The first kappa shape index (κ1) is 17.8. The predicted molar refractivity (Wildman–Crippen MR) is 90.7 cm³/mol. The number of imide groups is 1. The van der Waals surface area contributed by atoms with Gasteiger partial charge >= 0.3 is 12.2 Å². The number of alkyl halides is 1. The fourth-order valence-corrected chi connectivity index (χ4v) is 2.98. The molecule has 0 aliphatic carbocycles. The summed E-state index contributed by atoms with van der Waals surface area (Å²) in [7, 11) is 0. The molecule has 5 nitrogen and oxygen atoms in total. The molecule has 2 amide bonds. The van der Waals surface area contributed by atoms with Gasteiger partial charge in [0, 0.05) is 5.33 Å². The van der Waals surface area contributed by atoms with E-state index in [1.807, 2.05) is 30.3 Å². The largest absolute Gasteiger partial charge is 0.443 e. The molecule has 1 aliphatic heterocycles. The number of ether oxygens (including phenoxy) is 2. The van der Waals surface area contributed by atoms with Crippen LogP contribution in [-0.2, 0) is 15.9 Å². The number of nitrogens with zero attached hydrogens (tertiary/aromatic N) is 1. The van der Waals surface area contributed by atoms with Gasteiger partial charge in [-0.2, -0.15) is 0 Å². The Hall–Kier alpha value is -1.56. The first-order valence-corrected chi connectivity index (χ1v) is 8.76. The second-order valence-electron chi connectivity index (χ2n) is 6.51. The first-order chi connectivity index (χ1) is 10.8. The lowest BCUT2D eigenvalue weighted by Crippen LogP contribution is -2.45. The Labute approximate surface area is 145 Å². The maximum Gasteiger partial charge on any atom is 0.420 e. The maximum absolute atomic E-state index is 12.4. The number of amides is 2. The highest BCUT2D eigenvalue weighted by Gasteiger charge is 2.46. The molecule has 23 heavy (non-hydrogen) atoms. The Kier molecular flexibility index (Phi) is 5.68. The van der Waals surface area contributed by atoms with Crippen LogP contribution in [-0.4, -0.2) is 40.2 Å². The fourth-order valence-electron chi connectivity index (χ4n) is 2.52. The van der Waals surface area contributed by atoms with Crippen LogP contribution in [0, 0.1) is 0 Å². The molecule has 0 N–H and O–H groups in total. The van der Waals surface area contributed by atoms with Gasteiger partial charge in [-0.1, -0.05) is 46.3 Å². The number of rotatable bonds is 4. The molecular weight excluding hydrogens is 362 g/mol. The summed E-state index contributed by atoms with van der Waals surface area (Å²) in [6, 6.07) is 9.38. The average molecular weight is 384 g/mol. The van der Waals surface area contributed by atoms with Crippen LogP contribution >= 0.6 is 15.9 Å². The minimum atomic E-state index is -0.665. The number of hydrogen-bond acceptors (Lipinski definition) is 4. The van der Waals surface area contributed by atoms with Gasteiger partial charge in [-0.3, -0.25) is 0 Å². The van der Waals surface area contributed by atoms with Crippen molar-refractivity contribution in [3.63, 3.8) is 0 Å². The van der Waals surface area contributed by atoms with Gasteiger partial charge in [0.15, 0.2) is 0 Å². The summed E-state index contributed by atoms with van der Waals surface area (Å²) in [6.45, 7) is 5.32. The normalized spacial score (nSPS) is 21.2. The van der Waals surface area contributed by atoms with Gasteiger partial charge in [0.2, 0.25) is 0 Å². The van der Waals surface area contributed by atoms with E-state index in [4.69, 9.17) is 9.47 Å². The second-order valence-corrected chi connectivity index (χ2v) is 7.30. The first-order valence-electron chi connectivity index (χ1n) is 7.64. The van der Waals surface area contributed by atoms with Gasteiger partial charge in [-0.15, -0.1) is 0 Å². The summed E-state index contributed by atoms with van der Waals surface area (Å²) in [5.74, 6) is 0. The molecule has 2 rings (SSSR count). The number of benzene rings is 1. The van der Waals surface area contributed by atoms with Gasteiger partial charge in [-0.05, 0) is 39.2 Å². The monoisotopic (exact) mass is 383 g/mol.